The number of rotatable bonds is 5. The first-order chi connectivity index (χ1) is 8.30. The van der Waals surface area contributed by atoms with Gasteiger partial charge in [0.15, 0.2) is 0 Å². The van der Waals surface area contributed by atoms with Gasteiger partial charge in [-0.2, -0.15) is 0 Å². The third-order valence-electron chi connectivity index (χ3n) is 3.61. The van der Waals surface area contributed by atoms with Gasteiger partial charge in [0.25, 0.3) is 0 Å². The Morgan fingerprint density at radius 2 is 1.61 bits per heavy atom. The summed E-state index contributed by atoms with van der Waals surface area (Å²) in [5.74, 6) is 0.642. The molecule has 0 saturated heterocycles. The Morgan fingerprint density at radius 1 is 1.06 bits per heavy atom. The lowest BCUT2D eigenvalue weighted by molar-refractivity contribution is 0.379. The SMILES string of the molecule is CCC(C)(CCl)NCc1ccc(C(C)(C)C)cc1. The molecule has 18 heavy (non-hydrogen) atoms. The number of hydrogen-bond acceptors (Lipinski definition) is 1. The van der Waals surface area contributed by atoms with Gasteiger partial charge < -0.3 is 5.32 Å². The van der Waals surface area contributed by atoms with Crippen molar-refractivity contribution in [1.29, 1.82) is 0 Å². The summed E-state index contributed by atoms with van der Waals surface area (Å²) < 4.78 is 0. The smallest absolute Gasteiger partial charge is 0.0403 e. The molecular weight excluding hydrogens is 242 g/mol. The molecule has 0 saturated carbocycles. The zero-order valence-electron chi connectivity index (χ0n) is 12.3. The van der Waals surface area contributed by atoms with Gasteiger partial charge >= 0.3 is 0 Å². The van der Waals surface area contributed by atoms with E-state index in [1.807, 2.05) is 0 Å². The average Bonchev–Trinajstić information content (AvgIpc) is 2.35. The quantitative estimate of drug-likeness (QED) is 0.776. The summed E-state index contributed by atoms with van der Waals surface area (Å²) in [6.07, 6.45) is 1.04. The Balaban J connectivity index is 2.65. The molecule has 0 aliphatic carbocycles. The van der Waals surface area contributed by atoms with Crippen LogP contribution in [-0.2, 0) is 12.0 Å². The fourth-order valence-corrected chi connectivity index (χ4v) is 1.99. The van der Waals surface area contributed by atoms with E-state index in [4.69, 9.17) is 11.6 Å². The minimum absolute atomic E-state index is 0.0320. The molecule has 0 amide bonds. The largest absolute Gasteiger partial charge is 0.306 e. The van der Waals surface area contributed by atoms with Gasteiger partial charge in [-0.05, 0) is 29.9 Å². The van der Waals surface area contributed by atoms with Gasteiger partial charge in [-0.15, -0.1) is 11.6 Å². The maximum Gasteiger partial charge on any atom is 0.0403 e. The van der Waals surface area contributed by atoms with Crippen molar-refractivity contribution in [2.45, 2.75) is 58.5 Å². The molecule has 0 spiro atoms. The van der Waals surface area contributed by atoms with Crippen LogP contribution in [0.3, 0.4) is 0 Å². The molecule has 1 aromatic carbocycles. The van der Waals surface area contributed by atoms with Crippen LogP contribution in [0.4, 0.5) is 0 Å². The van der Waals surface area contributed by atoms with Gasteiger partial charge in [0.2, 0.25) is 0 Å². The number of hydrogen-bond donors (Lipinski definition) is 1. The molecule has 2 heteroatoms. The molecule has 1 atom stereocenters. The zero-order valence-corrected chi connectivity index (χ0v) is 13.1. The summed E-state index contributed by atoms with van der Waals surface area (Å²) in [6.45, 7) is 11.9. The average molecular weight is 268 g/mol. The number of benzene rings is 1. The summed E-state index contributed by atoms with van der Waals surface area (Å²) in [5.41, 5.74) is 2.94. The lowest BCUT2D eigenvalue weighted by atomic mass is 9.86. The van der Waals surface area contributed by atoms with Gasteiger partial charge in [0, 0.05) is 18.0 Å². The third kappa shape index (κ3) is 4.29. The van der Waals surface area contributed by atoms with Crippen LogP contribution in [0.1, 0.15) is 52.2 Å². The van der Waals surface area contributed by atoms with E-state index in [0.717, 1.165) is 13.0 Å². The minimum atomic E-state index is 0.0320. The maximum atomic E-state index is 6.00. The van der Waals surface area contributed by atoms with Crippen molar-refractivity contribution in [1.82, 2.24) is 5.32 Å². The second-order valence-corrected chi connectivity index (χ2v) is 6.62. The van der Waals surface area contributed by atoms with Crippen molar-refractivity contribution in [2.24, 2.45) is 0 Å². The second kappa shape index (κ2) is 6.08. The summed E-state index contributed by atoms with van der Waals surface area (Å²) in [7, 11) is 0. The fourth-order valence-electron chi connectivity index (χ4n) is 1.70. The molecule has 1 rings (SSSR count). The van der Waals surface area contributed by atoms with E-state index < -0.39 is 0 Å². The van der Waals surface area contributed by atoms with Crippen LogP contribution < -0.4 is 5.32 Å². The molecule has 0 radical (unpaired) electrons. The summed E-state index contributed by atoms with van der Waals surface area (Å²) >= 11 is 6.00. The first-order valence-electron chi connectivity index (χ1n) is 6.71. The van der Waals surface area contributed by atoms with E-state index in [-0.39, 0.29) is 11.0 Å². The number of nitrogens with one attached hydrogen (secondary N) is 1. The maximum absolute atomic E-state index is 6.00. The van der Waals surface area contributed by atoms with Crippen molar-refractivity contribution < 1.29 is 0 Å². The summed E-state index contributed by atoms with van der Waals surface area (Å²) in [4.78, 5) is 0. The van der Waals surface area contributed by atoms with E-state index in [1.54, 1.807) is 0 Å². The molecule has 102 valence electrons. The zero-order chi connectivity index (χ0) is 13.8. The standard InChI is InChI=1S/C16H26ClN/c1-6-16(5,12-17)18-11-13-7-9-14(10-8-13)15(2,3)4/h7-10,18H,6,11-12H2,1-5H3. The van der Waals surface area contributed by atoms with Gasteiger partial charge in [0.05, 0.1) is 0 Å². The highest BCUT2D eigenvalue weighted by atomic mass is 35.5. The lowest BCUT2D eigenvalue weighted by Gasteiger charge is -2.27. The van der Waals surface area contributed by atoms with Gasteiger partial charge in [-0.25, -0.2) is 0 Å². The normalized spacial score (nSPS) is 15.4. The molecule has 0 aromatic heterocycles. The first kappa shape index (κ1) is 15.5. The van der Waals surface area contributed by atoms with E-state index in [9.17, 15) is 0 Å². The Bertz CT molecular complexity index is 358. The summed E-state index contributed by atoms with van der Waals surface area (Å²) in [6, 6.07) is 8.86. The van der Waals surface area contributed by atoms with E-state index in [2.05, 4.69) is 64.2 Å². The van der Waals surface area contributed by atoms with Crippen LogP contribution in [0.2, 0.25) is 0 Å². The van der Waals surface area contributed by atoms with Crippen LogP contribution in [0, 0.1) is 0 Å². The first-order valence-corrected chi connectivity index (χ1v) is 7.24. The van der Waals surface area contributed by atoms with Crippen LogP contribution in [0.25, 0.3) is 0 Å². The van der Waals surface area contributed by atoms with Gasteiger partial charge in [0.1, 0.15) is 0 Å². The van der Waals surface area contributed by atoms with Gasteiger partial charge in [-0.3, -0.25) is 0 Å². The van der Waals surface area contributed by atoms with Gasteiger partial charge in [-0.1, -0.05) is 52.0 Å². The van der Waals surface area contributed by atoms with E-state index >= 15 is 0 Å². The Morgan fingerprint density at radius 3 is 2.00 bits per heavy atom. The molecule has 1 unspecified atom stereocenters. The highest BCUT2D eigenvalue weighted by Crippen LogP contribution is 2.22. The van der Waals surface area contributed by atoms with Crippen LogP contribution in [0.5, 0.6) is 0 Å². The fraction of sp³-hybridized carbons (Fsp3) is 0.625. The highest BCUT2D eigenvalue weighted by molar-refractivity contribution is 6.18. The van der Waals surface area contributed by atoms with Crippen molar-refractivity contribution >= 4 is 11.6 Å². The van der Waals surface area contributed by atoms with Crippen molar-refractivity contribution in [3.8, 4) is 0 Å². The number of halogens is 1. The molecular formula is C16H26ClN. The van der Waals surface area contributed by atoms with E-state index in [1.165, 1.54) is 11.1 Å². The Labute approximate surface area is 117 Å². The topological polar surface area (TPSA) is 12.0 Å². The predicted octanol–water partition coefficient (Wildman–Crippen LogP) is 4.48. The molecule has 0 fully saturated rings. The molecule has 0 heterocycles. The molecule has 0 aliphatic rings. The second-order valence-electron chi connectivity index (χ2n) is 6.35. The van der Waals surface area contributed by atoms with Crippen molar-refractivity contribution in [3.05, 3.63) is 35.4 Å². The number of alkyl halides is 1. The molecule has 0 bridgehead atoms. The van der Waals surface area contributed by atoms with Crippen LogP contribution in [0.15, 0.2) is 24.3 Å². The van der Waals surface area contributed by atoms with Crippen molar-refractivity contribution in [3.63, 3.8) is 0 Å². The van der Waals surface area contributed by atoms with Crippen LogP contribution >= 0.6 is 11.6 Å². The van der Waals surface area contributed by atoms with Crippen molar-refractivity contribution in [2.75, 3.05) is 5.88 Å². The highest BCUT2D eigenvalue weighted by Gasteiger charge is 2.19. The predicted molar refractivity (Wildman–Crippen MR) is 81.4 cm³/mol. The Hall–Kier alpha value is -0.530. The minimum Gasteiger partial charge on any atom is -0.306 e. The summed E-state index contributed by atoms with van der Waals surface area (Å²) in [5, 5.41) is 3.54. The monoisotopic (exact) mass is 267 g/mol. The molecule has 1 nitrogen and oxygen atoms in total. The Kier molecular flexibility index (Phi) is 5.24. The molecule has 1 aromatic rings. The molecule has 0 aliphatic heterocycles. The molecule has 1 N–H and O–H groups in total. The lowest BCUT2D eigenvalue weighted by Crippen LogP contribution is -2.42. The van der Waals surface area contributed by atoms with Crippen LogP contribution in [-0.4, -0.2) is 11.4 Å². The van der Waals surface area contributed by atoms with E-state index in [0.29, 0.717) is 5.88 Å². The third-order valence-corrected chi connectivity index (χ3v) is 4.20.